The number of ether oxygens (including phenoxy) is 1. The van der Waals surface area contributed by atoms with Gasteiger partial charge in [-0.25, -0.2) is 9.78 Å². The van der Waals surface area contributed by atoms with Crippen LogP contribution in [0.2, 0.25) is 5.02 Å². The molecule has 3 rings (SSSR count). The molecule has 162 valence electrons. The number of nitrogens with zero attached hydrogens (tertiary/aromatic N) is 5. The number of hydrogen-bond acceptors (Lipinski definition) is 8. The highest BCUT2D eigenvalue weighted by Gasteiger charge is 2.18. The van der Waals surface area contributed by atoms with Crippen LogP contribution in [0.15, 0.2) is 34.1 Å². The number of carbonyl (C=O) groups is 2. The van der Waals surface area contributed by atoms with Crippen molar-refractivity contribution in [1.29, 1.82) is 0 Å². The molecule has 13 nitrogen and oxygen atoms in total. The van der Waals surface area contributed by atoms with Gasteiger partial charge >= 0.3 is 11.7 Å². The summed E-state index contributed by atoms with van der Waals surface area (Å²) in [5, 5.41) is 13.1. The van der Waals surface area contributed by atoms with Gasteiger partial charge in [0.25, 0.3) is 17.2 Å². The summed E-state index contributed by atoms with van der Waals surface area (Å²) in [6, 6.07) is 3.67. The summed E-state index contributed by atoms with van der Waals surface area (Å²) in [6.45, 7) is -1.10. The fourth-order valence-electron chi connectivity index (χ4n) is 2.78. The molecule has 0 saturated heterocycles. The Labute approximate surface area is 177 Å². The van der Waals surface area contributed by atoms with Crippen LogP contribution in [0.1, 0.15) is 0 Å². The standard InChI is InChI=1S/C17H15ClN6O7/c1-21-15-14(16(27)22(2)17(21)28)23(8-19-15)6-13(26)31-7-12(25)20-9-3-4-10(18)11(5-9)24(29)30/h3-5,8H,6-7H2,1-2H3,(H,20,25). The van der Waals surface area contributed by atoms with Crippen molar-refractivity contribution in [3.8, 4) is 0 Å². The number of rotatable bonds is 6. The minimum atomic E-state index is -0.840. The van der Waals surface area contributed by atoms with E-state index in [1.54, 1.807) is 0 Å². The van der Waals surface area contributed by atoms with Crippen molar-refractivity contribution in [2.75, 3.05) is 11.9 Å². The van der Waals surface area contributed by atoms with Crippen LogP contribution in [0.4, 0.5) is 11.4 Å². The number of amides is 1. The summed E-state index contributed by atoms with van der Waals surface area (Å²) in [5.74, 6) is -1.58. The van der Waals surface area contributed by atoms with Gasteiger partial charge in [0.1, 0.15) is 11.6 Å². The predicted molar refractivity (Wildman–Crippen MR) is 108 cm³/mol. The van der Waals surface area contributed by atoms with Gasteiger partial charge in [0.2, 0.25) is 0 Å². The molecule has 1 amide bonds. The molecule has 14 heteroatoms. The molecular formula is C17H15ClN6O7. The number of benzene rings is 1. The Balaban J connectivity index is 1.67. The molecule has 3 aromatic rings. The Bertz CT molecular complexity index is 1340. The van der Waals surface area contributed by atoms with Gasteiger partial charge in [-0.05, 0) is 12.1 Å². The molecule has 2 heterocycles. The first-order chi connectivity index (χ1) is 14.6. The largest absolute Gasteiger partial charge is 0.454 e. The summed E-state index contributed by atoms with van der Waals surface area (Å²) in [7, 11) is 2.73. The van der Waals surface area contributed by atoms with Crippen LogP contribution in [-0.4, -0.2) is 42.1 Å². The average molecular weight is 451 g/mol. The van der Waals surface area contributed by atoms with Crippen molar-refractivity contribution < 1.29 is 19.2 Å². The number of aromatic nitrogens is 4. The summed E-state index contributed by atoms with van der Waals surface area (Å²) < 4.78 is 8.14. The zero-order chi connectivity index (χ0) is 22.9. The lowest BCUT2D eigenvalue weighted by atomic mass is 10.3. The summed E-state index contributed by atoms with van der Waals surface area (Å²) >= 11 is 5.71. The number of fused-ring (bicyclic) bond motifs is 1. The third kappa shape index (κ3) is 4.30. The molecule has 0 aliphatic rings. The molecule has 0 saturated carbocycles. The molecule has 0 radical (unpaired) electrons. The zero-order valence-corrected chi connectivity index (χ0v) is 17.0. The fourth-order valence-corrected chi connectivity index (χ4v) is 2.96. The maximum absolute atomic E-state index is 12.3. The molecule has 0 unspecified atom stereocenters. The molecule has 0 aliphatic carbocycles. The number of nitrogens with one attached hydrogen (secondary N) is 1. The Morgan fingerprint density at radius 2 is 1.97 bits per heavy atom. The first-order valence-corrected chi connectivity index (χ1v) is 8.98. The summed E-state index contributed by atoms with van der Waals surface area (Å²) in [4.78, 5) is 62.5. The molecule has 1 aromatic carbocycles. The normalized spacial score (nSPS) is 10.8. The van der Waals surface area contributed by atoms with E-state index in [1.807, 2.05) is 0 Å². The SMILES string of the molecule is Cn1c(=O)c2c(ncn2CC(=O)OCC(=O)Nc2ccc(Cl)c([N+](=O)[O-])c2)n(C)c1=O. The zero-order valence-electron chi connectivity index (χ0n) is 16.2. The van der Waals surface area contributed by atoms with Gasteiger partial charge in [-0.3, -0.25) is 33.6 Å². The smallest absolute Gasteiger partial charge is 0.332 e. The quantitative estimate of drug-likeness (QED) is 0.316. The maximum Gasteiger partial charge on any atom is 0.332 e. The number of anilines is 1. The van der Waals surface area contributed by atoms with E-state index in [0.29, 0.717) is 0 Å². The first kappa shape index (κ1) is 21.7. The molecule has 31 heavy (non-hydrogen) atoms. The van der Waals surface area contributed by atoms with E-state index in [0.717, 1.165) is 15.2 Å². The highest BCUT2D eigenvalue weighted by molar-refractivity contribution is 6.32. The van der Waals surface area contributed by atoms with E-state index in [1.165, 1.54) is 37.1 Å². The van der Waals surface area contributed by atoms with E-state index in [2.05, 4.69) is 10.3 Å². The highest BCUT2D eigenvalue weighted by Crippen LogP contribution is 2.27. The number of imidazole rings is 1. The molecule has 0 aliphatic heterocycles. The number of halogens is 1. The van der Waals surface area contributed by atoms with Crippen LogP contribution in [0.25, 0.3) is 11.2 Å². The number of hydrogen-bond donors (Lipinski definition) is 1. The van der Waals surface area contributed by atoms with Crippen molar-refractivity contribution in [3.05, 3.63) is 60.5 Å². The van der Waals surface area contributed by atoms with Crippen LogP contribution >= 0.6 is 11.6 Å². The molecule has 2 aromatic heterocycles. The Kier molecular flexibility index (Phi) is 5.88. The van der Waals surface area contributed by atoms with Crippen LogP contribution in [0.3, 0.4) is 0 Å². The maximum atomic E-state index is 12.3. The third-order valence-corrected chi connectivity index (χ3v) is 4.63. The Hall–Kier alpha value is -4.00. The predicted octanol–water partition coefficient (Wildman–Crippen LogP) is 0.177. The number of nitro benzene ring substituents is 1. The average Bonchev–Trinajstić information content (AvgIpc) is 3.14. The lowest BCUT2D eigenvalue weighted by Crippen LogP contribution is -2.37. The van der Waals surface area contributed by atoms with E-state index in [9.17, 15) is 29.3 Å². The summed E-state index contributed by atoms with van der Waals surface area (Å²) in [6.07, 6.45) is 1.21. The lowest BCUT2D eigenvalue weighted by Gasteiger charge is -2.08. The van der Waals surface area contributed by atoms with Gasteiger partial charge in [0.15, 0.2) is 17.8 Å². The topological polar surface area (TPSA) is 160 Å². The highest BCUT2D eigenvalue weighted by atomic mass is 35.5. The Morgan fingerprint density at radius 3 is 2.65 bits per heavy atom. The van der Waals surface area contributed by atoms with Gasteiger partial charge in [0, 0.05) is 25.8 Å². The van der Waals surface area contributed by atoms with E-state index in [4.69, 9.17) is 16.3 Å². The first-order valence-electron chi connectivity index (χ1n) is 8.60. The van der Waals surface area contributed by atoms with Crippen molar-refractivity contribution in [2.24, 2.45) is 14.1 Å². The molecule has 0 fully saturated rings. The van der Waals surface area contributed by atoms with Crippen molar-refractivity contribution in [1.82, 2.24) is 18.7 Å². The van der Waals surface area contributed by atoms with Crippen molar-refractivity contribution in [3.63, 3.8) is 0 Å². The fraction of sp³-hybridized carbons (Fsp3) is 0.235. The number of esters is 1. The Morgan fingerprint density at radius 1 is 1.26 bits per heavy atom. The number of nitro groups is 1. The number of carbonyl (C=O) groups excluding carboxylic acids is 2. The number of aryl methyl sites for hydroxylation is 1. The monoisotopic (exact) mass is 450 g/mol. The molecule has 0 spiro atoms. The van der Waals surface area contributed by atoms with Crippen LogP contribution in [0.5, 0.6) is 0 Å². The second kappa shape index (κ2) is 8.39. The lowest BCUT2D eigenvalue weighted by molar-refractivity contribution is -0.384. The van der Waals surface area contributed by atoms with E-state index >= 15 is 0 Å². The van der Waals surface area contributed by atoms with E-state index < -0.39 is 41.2 Å². The van der Waals surface area contributed by atoms with E-state index in [-0.39, 0.29) is 27.6 Å². The van der Waals surface area contributed by atoms with Gasteiger partial charge in [-0.1, -0.05) is 11.6 Å². The van der Waals surface area contributed by atoms with Crippen LogP contribution < -0.4 is 16.6 Å². The molecular weight excluding hydrogens is 436 g/mol. The van der Waals surface area contributed by atoms with Crippen molar-refractivity contribution >= 4 is 46.0 Å². The van der Waals surface area contributed by atoms with Gasteiger partial charge in [-0.2, -0.15) is 0 Å². The second-order valence-electron chi connectivity index (χ2n) is 6.38. The van der Waals surface area contributed by atoms with Gasteiger partial charge in [-0.15, -0.1) is 0 Å². The molecule has 0 bridgehead atoms. The summed E-state index contributed by atoms with van der Waals surface area (Å²) in [5.41, 5.74) is -1.36. The minimum absolute atomic E-state index is 0.0273. The minimum Gasteiger partial charge on any atom is -0.454 e. The van der Waals surface area contributed by atoms with Crippen LogP contribution in [-0.2, 0) is 35.0 Å². The second-order valence-corrected chi connectivity index (χ2v) is 6.79. The molecule has 1 N–H and O–H groups in total. The van der Waals surface area contributed by atoms with Gasteiger partial charge in [0.05, 0.1) is 11.3 Å². The molecule has 0 atom stereocenters. The van der Waals surface area contributed by atoms with Gasteiger partial charge < -0.3 is 14.6 Å². The van der Waals surface area contributed by atoms with Crippen molar-refractivity contribution in [2.45, 2.75) is 6.54 Å². The van der Waals surface area contributed by atoms with Crippen LogP contribution in [0, 0.1) is 10.1 Å². The third-order valence-electron chi connectivity index (χ3n) is 4.31.